The third kappa shape index (κ3) is 4.03. The van der Waals surface area contributed by atoms with Crippen molar-refractivity contribution in [2.75, 3.05) is 19.6 Å². The maximum absolute atomic E-state index is 4.10. The van der Waals surface area contributed by atoms with Gasteiger partial charge in [-0.15, -0.1) is 0 Å². The Morgan fingerprint density at radius 3 is 2.50 bits per heavy atom. The predicted molar refractivity (Wildman–Crippen MR) is 97.8 cm³/mol. The Hall–Kier alpha value is -1.71. The van der Waals surface area contributed by atoms with Gasteiger partial charge in [0.1, 0.15) is 0 Å². The molecule has 2 atom stereocenters. The maximum Gasteiger partial charge on any atom is 0.0271 e. The quantitative estimate of drug-likeness (QED) is 0.883. The molecule has 3 heteroatoms. The van der Waals surface area contributed by atoms with Crippen molar-refractivity contribution in [1.29, 1.82) is 0 Å². The Bertz CT molecular complexity index is 620. The summed E-state index contributed by atoms with van der Waals surface area (Å²) in [6.45, 7) is 4.71. The molecular weight excluding hydrogens is 294 g/mol. The van der Waals surface area contributed by atoms with Gasteiger partial charge in [0.2, 0.25) is 0 Å². The van der Waals surface area contributed by atoms with Crippen molar-refractivity contribution < 1.29 is 0 Å². The first-order valence-corrected chi connectivity index (χ1v) is 9.28. The molecule has 2 fully saturated rings. The lowest BCUT2D eigenvalue weighted by Gasteiger charge is -2.32. The number of hydrogen-bond acceptors (Lipinski definition) is 3. The summed E-state index contributed by atoms with van der Waals surface area (Å²) in [6.07, 6.45) is 7.74. The molecule has 0 spiro atoms. The molecule has 2 heterocycles. The van der Waals surface area contributed by atoms with Gasteiger partial charge in [0.05, 0.1) is 0 Å². The standard InChI is InChI=1S/C21H27N3/c1-2-4-19(5-3-1)20-14-21(20)23-15-17-8-12-24(13-9-17)16-18-6-10-22-11-7-18/h1-7,10-11,17,20-21,23H,8-9,12-16H2. The van der Waals surface area contributed by atoms with Crippen molar-refractivity contribution in [3.8, 4) is 0 Å². The molecular formula is C21H27N3. The number of likely N-dealkylation sites (tertiary alicyclic amines) is 1. The number of piperidine rings is 1. The van der Waals surface area contributed by atoms with E-state index in [-0.39, 0.29) is 0 Å². The molecule has 1 aromatic carbocycles. The number of aromatic nitrogens is 1. The summed E-state index contributed by atoms with van der Waals surface area (Å²) in [6, 6.07) is 15.9. The Morgan fingerprint density at radius 1 is 1.00 bits per heavy atom. The van der Waals surface area contributed by atoms with Crippen molar-refractivity contribution >= 4 is 0 Å². The molecule has 126 valence electrons. The number of hydrogen-bond donors (Lipinski definition) is 1. The molecule has 0 amide bonds. The molecule has 4 rings (SSSR count). The van der Waals surface area contributed by atoms with Gasteiger partial charge in [-0.05, 0) is 68.1 Å². The lowest BCUT2D eigenvalue weighted by Crippen LogP contribution is -2.37. The highest BCUT2D eigenvalue weighted by Gasteiger charge is 2.38. The summed E-state index contributed by atoms with van der Waals surface area (Å²) >= 11 is 0. The molecule has 1 N–H and O–H groups in total. The Labute approximate surface area is 145 Å². The highest BCUT2D eigenvalue weighted by molar-refractivity contribution is 5.27. The third-order valence-corrected chi connectivity index (χ3v) is 5.55. The van der Waals surface area contributed by atoms with Crippen LogP contribution in [0, 0.1) is 5.92 Å². The average Bonchev–Trinajstić information content (AvgIpc) is 3.43. The molecule has 1 aliphatic heterocycles. The zero-order valence-electron chi connectivity index (χ0n) is 14.3. The molecule has 24 heavy (non-hydrogen) atoms. The van der Waals surface area contributed by atoms with Gasteiger partial charge in [0.15, 0.2) is 0 Å². The SMILES string of the molecule is c1ccc(C2CC2NCC2CCN(Cc3ccncc3)CC2)cc1. The summed E-state index contributed by atoms with van der Waals surface area (Å²) < 4.78 is 0. The fourth-order valence-corrected chi connectivity index (χ4v) is 3.90. The molecule has 1 aromatic heterocycles. The predicted octanol–water partition coefficient (Wildman–Crippen LogP) is 3.44. The van der Waals surface area contributed by atoms with Crippen molar-refractivity contribution in [3.05, 3.63) is 66.0 Å². The van der Waals surface area contributed by atoms with Crippen LogP contribution in [0.25, 0.3) is 0 Å². The van der Waals surface area contributed by atoms with Crippen LogP contribution in [0.1, 0.15) is 36.3 Å². The van der Waals surface area contributed by atoms with E-state index in [1.807, 2.05) is 12.4 Å². The largest absolute Gasteiger partial charge is 0.313 e. The van der Waals surface area contributed by atoms with Crippen molar-refractivity contribution in [3.63, 3.8) is 0 Å². The van der Waals surface area contributed by atoms with E-state index in [0.29, 0.717) is 6.04 Å². The lowest BCUT2D eigenvalue weighted by molar-refractivity contribution is 0.175. The summed E-state index contributed by atoms with van der Waals surface area (Å²) in [5.41, 5.74) is 2.88. The Morgan fingerprint density at radius 2 is 1.75 bits per heavy atom. The molecule has 2 aliphatic rings. The second-order valence-electron chi connectivity index (χ2n) is 7.34. The van der Waals surface area contributed by atoms with Gasteiger partial charge in [-0.25, -0.2) is 0 Å². The highest BCUT2D eigenvalue weighted by Crippen LogP contribution is 2.40. The maximum atomic E-state index is 4.10. The first-order valence-electron chi connectivity index (χ1n) is 9.28. The Kier molecular flexibility index (Phi) is 4.91. The summed E-state index contributed by atoms with van der Waals surface area (Å²) in [7, 11) is 0. The molecule has 0 bridgehead atoms. The van der Waals surface area contributed by atoms with Gasteiger partial charge in [-0.2, -0.15) is 0 Å². The number of nitrogens with one attached hydrogen (secondary N) is 1. The fraction of sp³-hybridized carbons (Fsp3) is 0.476. The summed E-state index contributed by atoms with van der Waals surface area (Å²) in [5.74, 6) is 1.59. The first-order chi connectivity index (χ1) is 11.9. The van der Waals surface area contributed by atoms with E-state index in [1.54, 1.807) is 0 Å². The molecule has 1 saturated heterocycles. The van der Waals surface area contributed by atoms with Gasteiger partial charge in [-0.3, -0.25) is 9.88 Å². The van der Waals surface area contributed by atoms with Crippen LogP contribution >= 0.6 is 0 Å². The monoisotopic (exact) mass is 321 g/mol. The molecule has 2 aromatic rings. The van der Waals surface area contributed by atoms with Gasteiger partial charge in [-0.1, -0.05) is 30.3 Å². The van der Waals surface area contributed by atoms with Gasteiger partial charge < -0.3 is 5.32 Å². The van der Waals surface area contributed by atoms with E-state index in [4.69, 9.17) is 0 Å². The summed E-state index contributed by atoms with van der Waals surface area (Å²) in [4.78, 5) is 6.68. The van der Waals surface area contributed by atoms with E-state index in [0.717, 1.165) is 18.4 Å². The van der Waals surface area contributed by atoms with Crippen LogP contribution in [0.4, 0.5) is 0 Å². The number of benzene rings is 1. The minimum Gasteiger partial charge on any atom is -0.313 e. The van der Waals surface area contributed by atoms with Crippen LogP contribution in [0.3, 0.4) is 0 Å². The highest BCUT2D eigenvalue weighted by atomic mass is 15.1. The van der Waals surface area contributed by atoms with Gasteiger partial charge >= 0.3 is 0 Å². The second-order valence-corrected chi connectivity index (χ2v) is 7.34. The molecule has 2 unspecified atom stereocenters. The zero-order chi connectivity index (χ0) is 16.2. The van der Waals surface area contributed by atoms with E-state index in [1.165, 1.54) is 50.0 Å². The molecule has 3 nitrogen and oxygen atoms in total. The lowest BCUT2D eigenvalue weighted by atomic mass is 9.96. The smallest absolute Gasteiger partial charge is 0.0271 e. The van der Waals surface area contributed by atoms with Gasteiger partial charge in [0, 0.05) is 30.9 Å². The van der Waals surface area contributed by atoms with Crippen LogP contribution < -0.4 is 5.32 Å². The van der Waals surface area contributed by atoms with E-state index in [2.05, 4.69) is 57.7 Å². The van der Waals surface area contributed by atoms with Crippen LogP contribution in [0.5, 0.6) is 0 Å². The molecule has 0 radical (unpaired) electrons. The van der Waals surface area contributed by atoms with Crippen molar-refractivity contribution in [2.45, 2.75) is 37.8 Å². The minimum atomic E-state index is 0.710. The molecule has 1 saturated carbocycles. The zero-order valence-corrected chi connectivity index (χ0v) is 14.3. The summed E-state index contributed by atoms with van der Waals surface area (Å²) in [5, 5.41) is 3.81. The third-order valence-electron chi connectivity index (χ3n) is 5.55. The van der Waals surface area contributed by atoms with Gasteiger partial charge in [0.25, 0.3) is 0 Å². The number of pyridine rings is 1. The number of nitrogens with zero attached hydrogens (tertiary/aromatic N) is 2. The first kappa shape index (κ1) is 15.8. The van der Waals surface area contributed by atoms with E-state index >= 15 is 0 Å². The van der Waals surface area contributed by atoms with Crippen LogP contribution in [-0.2, 0) is 6.54 Å². The molecule has 1 aliphatic carbocycles. The second kappa shape index (κ2) is 7.45. The topological polar surface area (TPSA) is 28.2 Å². The van der Waals surface area contributed by atoms with Crippen molar-refractivity contribution in [2.24, 2.45) is 5.92 Å². The van der Waals surface area contributed by atoms with Crippen molar-refractivity contribution in [1.82, 2.24) is 15.2 Å². The number of rotatable bonds is 6. The normalized spacial score (nSPS) is 24.8. The Balaban J connectivity index is 1.17. The van der Waals surface area contributed by atoms with E-state index < -0.39 is 0 Å². The van der Waals surface area contributed by atoms with E-state index in [9.17, 15) is 0 Å². The average molecular weight is 321 g/mol. The van der Waals surface area contributed by atoms with Crippen LogP contribution in [0.2, 0.25) is 0 Å². The van der Waals surface area contributed by atoms with Crippen LogP contribution in [-0.4, -0.2) is 35.6 Å². The fourth-order valence-electron chi connectivity index (χ4n) is 3.90. The van der Waals surface area contributed by atoms with Crippen LogP contribution in [0.15, 0.2) is 54.9 Å². The minimum absolute atomic E-state index is 0.710.